The Hall–Kier alpha value is -2.19. The average Bonchev–Trinajstić information content (AvgIpc) is 3.04. The van der Waals surface area contributed by atoms with Crippen LogP contribution in [0.1, 0.15) is 0 Å². The summed E-state index contributed by atoms with van der Waals surface area (Å²) in [5, 5.41) is 11.4. The smallest absolute Gasteiger partial charge is 0.265 e. The van der Waals surface area contributed by atoms with Crippen molar-refractivity contribution in [3.8, 4) is 17.2 Å². The molecule has 0 radical (unpaired) electrons. The van der Waals surface area contributed by atoms with E-state index in [1.54, 1.807) is 48.3 Å². The molecule has 0 bridgehead atoms. The molecule has 0 saturated heterocycles. The summed E-state index contributed by atoms with van der Waals surface area (Å²) in [6, 6.07) is 10.6. The summed E-state index contributed by atoms with van der Waals surface area (Å²) in [7, 11) is 3.15. The van der Waals surface area contributed by atoms with Crippen molar-refractivity contribution in [3.05, 3.63) is 42.6 Å². The summed E-state index contributed by atoms with van der Waals surface area (Å²) in [5.41, 5.74) is 1.22. The third kappa shape index (κ3) is 2.43. The van der Waals surface area contributed by atoms with Crippen molar-refractivity contribution in [2.75, 3.05) is 0 Å². The molecule has 0 spiro atoms. The molecule has 9 heteroatoms. The normalized spacial score (nSPS) is 11.7. The van der Waals surface area contributed by atoms with Gasteiger partial charge in [0.15, 0.2) is 5.82 Å². The van der Waals surface area contributed by atoms with Crippen LogP contribution in [0.4, 0.5) is 0 Å². The van der Waals surface area contributed by atoms with Gasteiger partial charge in [-0.3, -0.25) is 9.25 Å². The quantitative estimate of drug-likeness (QED) is 0.684. The SMILES string of the molecule is Cn1nccc1-c1nnc(S(=O)(=O)Cl)n1-c1ccccc1. The van der Waals surface area contributed by atoms with Crippen LogP contribution in [0.15, 0.2) is 47.8 Å². The summed E-state index contributed by atoms with van der Waals surface area (Å²) in [6.45, 7) is 0. The van der Waals surface area contributed by atoms with Crippen molar-refractivity contribution in [3.63, 3.8) is 0 Å². The van der Waals surface area contributed by atoms with E-state index in [1.807, 2.05) is 6.07 Å². The molecule has 1 aromatic carbocycles. The molecule has 0 aliphatic rings. The third-order valence-corrected chi connectivity index (χ3v) is 4.03. The molecule has 0 N–H and O–H groups in total. The van der Waals surface area contributed by atoms with Gasteiger partial charge in [-0.05, 0) is 18.2 Å². The molecule has 2 aromatic heterocycles. The maximum atomic E-state index is 11.7. The molecular formula is C12H10ClN5O2S. The van der Waals surface area contributed by atoms with Gasteiger partial charge in [-0.25, -0.2) is 8.42 Å². The number of aromatic nitrogens is 5. The molecule has 0 atom stereocenters. The molecule has 3 aromatic rings. The molecule has 0 fully saturated rings. The highest BCUT2D eigenvalue weighted by Gasteiger charge is 2.25. The summed E-state index contributed by atoms with van der Waals surface area (Å²) < 4.78 is 26.4. The zero-order chi connectivity index (χ0) is 15.0. The topological polar surface area (TPSA) is 82.7 Å². The lowest BCUT2D eigenvalue weighted by Crippen LogP contribution is -2.07. The first-order valence-corrected chi connectivity index (χ1v) is 8.23. The number of aryl methyl sites for hydroxylation is 1. The molecule has 0 aliphatic carbocycles. The van der Waals surface area contributed by atoms with E-state index in [0.29, 0.717) is 17.2 Å². The van der Waals surface area contributed by atoms with Gasteiger partial charge in [-0.2, -0.15) is 5.10 Å². The monoisotopic (exact) mass is 323 g/mol. The Labute approximate surface area is 125 Å². The highest BCUT2D eigenvalue weighted by Crippen LogP contribution is 2.25. The highest BCUT2D eigenvalue weighted by atomic mass is 35.7. The molecule has 0 amide bonds. The summed E-state index contributed by atoms with van der Waals surface area (Å²) in [5.74, 6) is 0.348. The summed E-state index contributed by atoms with van der Waals surface area (Å²) in [4.78, 5) is 0. The van der Waals surface area contributed by atoms with Crippen molar-refractivity contribution in [2.24, 2.45) is 7.05 Å². The second-order valence-electron chi connectivity index (χ2n) is 4.26. The Balaban J connectivity index is 2.33. The van der Waals surface area contributed by atoms with E-state index in [4.69, 9.17) is 10.7 Å². The van der Waals surface area contributed by atoms with Gasteiger partial charge in [0.05, 0.1) is 5.69 Å². The Morgan fingerprint density at radius 3 is 2.38 bits per heavy atom. The minimum Gasteiger partial charge on any atom is -0.265 e. The van der Waals surface area contributed by atoms with E-state index < -0.39 is 9.05 Å². The summed E-state index contributed by atoms with van der Waals surface area (Å²) in [6.07, 6.45) is 1.59. The van der Waals surface area contributed by atoms with E-state index >= 15 is 0 Å². The molecular weight excluding hydrogens is 314 g/mol. The predicted molar refractivity (Wildman–Crippen MR) is 76.6 cm³/mol. The van der Waals surface area contributed by atoms with Crippen LogP contribution in [0, 0.1) is 0 Å². The number of hydrogen-bond donors (Lipinski definition) is 0. The Kier molecular flexibility index (Phi) is 3.26. The number of hydrogen-bond acceptors (Lipinski definition) is 5. The van der Waals surface area contributed by atoms with Crippen molar-refractivity contribution in [1.82, 2.24) is 24.5 Å². The zero-order valence-corrected chi connectivity index (χ0v) is 12.5. The largest absolute Gasteiger partial charge is 0.297 e. The second-order valence-corrected chi connectivity index (χ2v) is 6.71. The maximum Gasteiger partial charge on any atom is 0.297 e. The van der Waals surface area contributed by atoms with E-state index in [0.717, 1.165) is 0 Å². The van der Waals surface area contributed by atoms with Crippen molar-refractivity contribution < 1.29 is 8.42 Å². The van der Waals surface area contributed by atoms with Crippen LogP contribution in [0.2, 0.25) is 0 Å². The lowest BCUT2D eigenvalue weighted by molar-refractivity contribution is 0.597. The molecule has 21 heavy (non-hydrogen) atoms. The summed E-state index contributed by atoms with van der Waals surface area (Å²) >= 11 is 0. The molecule has 3 rings (SSSR count). The predicted octanol–water partition coefficient (Wildman–Crippen LogP) is 1.60. The molecule has 2 heterocycles. The van der Waals surface area contributed by atoms with Gasteiger partial charge in [0.25, 0.3) is 14.2 Å². The van der Waals surface area contributed by atoms with Crippen LogP contribution in [-0.4, -0.2) is 33.0 Å². The Bertz CT molecular complexity index is 886. The first kappa shape index (κ1) is 13.8. The molecule has 0 unspecified atom stereocenters. The number of para-hydroxylation sites is 1. The van der Waals surface area contributed by atoms with Gasteiger partial charge in [-0.15, -0.1) is 10.2 Å². The minimum absolute atomic E-state index is 0.327. The first-order valence-electron chi connectivity index (χ1n) is 5.92. The van der Waals surface area contributed by atoms with Gasteiger partial charge >= 0.3 is 0 Å². The van der Waals surface area contributed by atoms with Crippen molar-refractivity contribution >= 4 is 19.7 Å². The van der Waals surface area contributed by atoms with Crippen molar-refractivity contribution in [2.45, 2.75) is 5.16 Å². The highest BCUT2D eigenvalue weighted by molar-refractivity contribution is 8.13. The van der Waals surface area contributed by atoms with Crippen LogP contribution < -0.4 is 0 Å². The maximum absolute atomic E-state index is 11.7. The number of halogens is 1. The van der Waals surface area contributed by atoms with Crippen LogP contribution in [0.5, 0.6) is 0 Å². The second kappa shape index (κ2) is 4.97. The van der Waals surface area contributed by atoms with Crippen LogP contribution in [-0.2, 0) is 16.1 Å². The zero-order valence-electron chi connectivity index (χ0n) is 10.9. The number of rotatable bonds is 3. The van der Waals surface area contributed by atoms with E-state index in [-0.39, 0.29) is 5.16 Å². The van der Waals surface area contributed by atoms with Crippen LogP contribution in [0.3, 0.4) is 0 Å². The average molecular weight is 324 g/mol. The van der Waals surface area contributed by atoms with E-state index in [9.17, 15) is 8.42 Å². The first-order chi connectivity index (χ1) is 9.98. The van der Waals surface area contributed by atoms with Gasteiger partial charge in [0.2, 0.25) is 0 Å². The molecule has 0 aliphatic heterocycles. The number of nitrogens with zero attached hydrogens (tertiary/aromatic N) is 5. The van der Waals surface area contributed by atoms with Gasteiger partial charge in [0, 0.05) is 23.9 Å². The Morgan fingerprint density at radius 1 is 1.10 bits per heavy atom. The molecule has 7 nitrogen and oxygen atoms in total. The fraction of sp³-hybridized carbons (Fsp3) is 0.0833. The lowest BCUT2D eigenvalue weighted by Gasteiger charge is -2.08. The fourth-order valence-electron chi connectivity index (χ4n) is 2.00. The molecule has 108 valence electrons. The Morgan fingerprint density at radius 2 is 1.81 bits per heavy atom. The van der Waals surface area contributed by atoms with E-state index in [1.165, 1.54) is 4.57 Å². The van der Waals surface area contributed by atoms with Gasteiger partial charge < -0.3 is 0 Å². The molecule has 0 saturated carbocycles. The minimum atomic E-state index is -4.03. The van der Waals surface area contributed by atoms with E-state index in [2.05, 4.69) is 15.3 Å². The van der Waals surface area contributed by atoms with Gasteiger partial charge in [0.1, 0.15) is 5.69 Å². The van der Waals surface area contributed by atoms with Crippen LogP contribution in [0.25, 0.3) is 17.2 Å². The fourth-order valence-corrected chi connectivity index (χ4v) is 2.84. The third-order valence-electron chi connectivity index (χ3n) is 2.92. The van der Waals surface area contributed by atoms with Crippen LogP contribution >= 0.6 is 10.7 Å². The number of benzene rings is 1. The van der Waals surface area contributed by atoms with Crippen molar-refractivity contribution in [1.29, 1.82) is 0 Å². The van der Waals surface area contributed by atoms with Gasteiger partial charge in [-0.1, -0.05) is 18.2 Å². The standard InChI is InChI=1S/C12H10ClN5O2S/c1-17-10(7-8-14-17)11-15-16-12(21(13,19)20)18(11)9-5-3-2-4-6-9/h2-8H,1H3. The lowest BCUT2D eigenvalue weighted by atomic mass is 10.3.